The van der Waals surface area contributed by atoms with E-state index in [0.717, 1.165) is 30.8 Å². The van der Waals surface area contributed by atoms with Crippen LogP contribution >= 0.6 is 35.6 Å². The van der Waals surface area contributed by atoms with Crippen LogP contribution in [0.5, 0.6) is 5.75 Å². The molecule has 0 aliphatic heterocycles. The van der Waals surface area contributed by atoms with Gasteiger partial charge in [-0.1, -0.05) is 59.6 Å². The number of rotatable bonds is 6. The largest absolute Gasteiger partial charge is 0.496 e. The Balaban J connectivity index is 0.00000225. The van der Waals surface area contributed by atoms with E-state index in [0.29, 0.717) is 10.0 Å². The van der Waals surface area contributed by atoms with E-state index in [4.69, 9.17) is 27.9 Å². The lowest BCUT2D eigenvalue weighted by Gasteiger charge is -2.13. The zero-order chi connectivity index (χ0) is 16.9. The van der Waals surface area contributed by atoms with Crippen LogP contribution in [0.4, 0.5) is 0 Å². The number of hydrogen-bond donors (Lipinski definition) is 1. The van der Waals surface area contributed by atoms with E-state index >= 15 is 0 Å². The van der Waals surface area contributed by atoms with Gasteiger partial charge in [-0.05, 0) is 47.5 Å². The molecule has 0 saturated carbocycles. The molecule has 3 aromatic rings. The monoisotopic (exact) mass is 395 g/mol. The molecule has 0 radical (unpaired) electrons. The van der Waals surface area contributed by atoms with Crippen LogP contribution in [0, 0.1) is 0 Å². The molecule has 0 aliphatic rings. The molecule has 3 rings (SSSR count). The quantitative estimate of drug-likeness (QED) is 0.523. The summed E-state index contributed by atoms with van der Waals surface area (Å²) in [5.41, 5.74) is 2.27. The van der Waals surface area contributed by atoms with E-state index in [2.05, 4.69) is 35.6 Å². The molecule has 5 heteroatoms. The summed E-state index contributed by atoms with van der Waals surface area (Å²) in [6.45, 7) is 1.57. The molecule has 0 heterocycles. The summed E-state index contributed by atoms with van der Waals surface area (Å²) < 4.78 is 5.53. The van der Waals surface area contributed by atoms with Crippen molar-refractivity contribution in [2.24, 2.45) is 0 Å². The highest BCUT2D eigenvalue weighted by Crippen LogP contribution is 2.28. The lowest BCUT2D eigenvalue weighted by atomic mass is 10.0. The fourth-order valence-corrected chi connectivity index (χ4v) is 3.35. The summed E-state index contributed by atoms with van der Waals surface area (Å²) in [6.07, 6.45) is 0.850. The van der Waals surface area contributed by atoms with Crippen molar-refractivity contribution in [1.29, 1.82) is 0 Å². The second-order valence-electron chi connectivity index (χ2n) is 5.63. The molecular formula is C20H20Cl3NO. The highest BCUT2D eigenvalue weighted by atomic mass is 35.5. The van der Waals surface area contributed by atoms with Crippen LogP contribution in [0.2, 0.25) is 10.0 Å². The van der Waals surface area contributed by atoms with Crippen molar-refractivity contribution in [1.82, 2.24) is 5.32 Å². The van der Waals surface area contributed by atoms with Gasteiger partial charge < -0.3 is 10.1 Å². The summed E-state index contributed by atoms with van der Waals surface area (Å²) >= 11 is 12.2. The number of methoxy groups -OCH3 is 1. The van der Waals surface area contributed by atoms with Crippen molar-refractivity contribution >= 4 is 46.4 Å². The van der Waals surface area contributed by atoms with Gasteiger partial charge in [-0.15, -0.1) is 12.4 Å². The summed E-state index contributed by atoms with van der Waals surface area (Å²) in [7, 11) is 1.71. The number of ether oxygens (including phenoxy) is 1. The van der Waals surface area contributed by atoms with E-state index in [-0.39, 0.29) is 12.4 Å². The maximum atomic E-state index is 6.22. The molecule has 2 nitrogen and oxygen atoms in total. The Morgan fingerprint density at radius 1 is 1.00 bits per heavy atom. The normalized spacial score (nSPS) is 10.5. The molecule has 25 heavy (non-hydrogen) atoms. The van der Waals surface area contributed by atoms with Gasteiger partial charge in [0.25, 0.3) is 0 Å². The maximum Gasteiger partial charge on any atom is 0.123 e. The Morgan fingerprint density at radius 2 is 1.80 bits per heavy atom. The summed E-state index contributed by atoms with van der Waals surface area (Å²) in [5, 5.41) is 7.30. The van der Waals surface area contributed by atoms with Crippen LogP contribution in [0.15, 0.2) is 54.6 Å². The summed E-state index contributed by atoms with van der Waals surface area (Å²) in [4.78, 5) is 0. The molecule has 132 valence electrons. The van der Waals surface area contributed by atoms with Crippen LogP contribution in [-0.2, 0) is 13.0 Å². The van der Waals surface area contributed by atoms with Gasteiger partial charge in [-0.2, -0.15) is 0 Å². The minimum absolute atomic E-state index is 0. The van der Waals surface area contributed by atoms with Crippen molar-refractivity contribution in [2.75, 3.05) is 13.7 Å². The fourth-order valence-electron chi connectivity index (χ4n) is 2.85. The van der Waals surface area contributed by atoms with Gasteiger partial charge in [0.05, 0.1) is 7.11 Å². The highest BCUT2D eigenvalue weighted by molar-refractivity contribution is 6.35. The van der Waals surface area contributed by atoms with E-state index in [1.165, 1.54) is 16.3 Å². The van der Waals surface area contributed by atoms with Crippen LogP contribution in [0.3, 0.4) is 0 Å². The molecule has 0 atom stereocenters. The smallest absolute Gasteiger partial charge is 0.123 e. The predicted octanol–water partition coefficient (Wildman–Crippen LogP) is 5.91. The number of benzene rings is 3. The molecule has 0 amide bonds. The number of fused-ring (bicyclic) bond motifs is 1. The molecule has 0 spiro atoms. The fraction of sp³-hybridized carbons (Fsp3) is 0.200. The van der Waals surface area contributed by atoms with Gasteiger partial charge in [0, 0.05) is 22.2 Å². The molecule has 0 aromatic heterocycles. The van der Waals surface area contributed by atoms with Crippen molar-refractivity contribution in [2.45, 2.75) is 13.0 Å². The molecule has 0 bridgehead atoms. The van der Waals surface area contributed by atoms with Gasteiger partial charge in [-0.3, -0.25) is 0 Å². The van der Waals surface area contributed by atoms with Crippen molar-refractivity contribution < 1.29 is 4.74 Å². The van der Waals surface area contributed by atoms with Crippen LogP contribution in [0.25, 0.3) is 10.8 Å². The van der Waals surface area contributed by atoms with E-state index < -0.39 is 0 Å². The second kappa shape index (κ2) is 9.30. The summed E-state index contributed by atoms with van der Waals surface area (Å²) in [6, 6.07) is 18.1. The molecule has 0 saturated heterocycles. The minimum atomic E-state index is 0. The van der Waals surface area contributed by atoms with Gasteiger partial charge in [0.1, 0.15) is 5.75 Å². The first-order valence-corrected chi connectivity index (χ1v) is 8.64. The first-order chi connectivity index (χ1) is 11.7. The average molecular weight is 397 g/mol. The highest BCUT2D eigenvalue weighted by Gasteiger charge is 2.08. The predicted molar refractivity (Wildman–Crippen MR) is 110 cm³/mol. The standard InChI is InChI=1S/C20H19Cl2NO.ClH/c1-24-20-9-7-14-4-2-3-5-17(14)18(20)13-23-11-10-15-6-8-16(21)12-19(15)22;/h2-9,12,23H,10-11,13H2,1H3;1H. The lowest BCUT2D eigenvalue weighted by Crippen LogP contribution is -2.17. The van der Waals surface area contributed by atoms with Gasteiger partial charge >= 0.3 is 0 Å². The molecular weight excluding hydrogens is 377 g/mol. The van der Waals surface area contributed by atoms with Crippen molar-refractivity contribution in [3.8, 4) is 5.75 Å². The molecule has 0 fully saturated rings. The van der Waals surface area contributed by atoms with Crippen LogP contribution in [0.1, 0.15) is 11.1 Å². The third-order valence-electron chi connectivity index (χ3n) is 4.11. The first-order valence-electron chi connectivity index (χ1n) is 7.88. The van der Waals surface area contributed by atoms with Gasteiger partial charge in [-0.25, -0.2) is 0 Å². The second-order valence-corrected chi connectivity index (χ2v) is 6.47. The summed E-state index contributed by atoms with van der Waals surface area (Å²) in [5.74, 6) is 0.908. The Morgan fingerprint density at radius 3 is 2.56 bits per heavy atom. The molecule has 3 aromatic carbocycles. The first kappa shape index (κ1) is 19.9. The molecule has 0 aliphatic carbocycles. The average Bonchev–Trinajstić information content (AvgIpc) is 2.60. The van der Waals surface area contributed by atoms with Crippen LogP contribution < -0.4 is 10.1 Å². The number of halogens is 3. The minimum Gasteiger partial charge on any atom is -0.496 e. The zero-order valence-corrected chi connectivity index (χ0v) is 16.2. The van der Waals surface area contributed by atoms with Crippen molar-refractivity contribution in [3.63, 3.8) is 0 Å². The lowest BCUT2D eigenvalue weighted by molar-refractivity contribution is 0.409. The SMILES string of the molecule is COc1ccc2ccccc2c1CNCCc1ccc(Cl)cc1Cl.Cl. The van der Waals surface area contributed by atoms with Crippen molar-refractivity contribution in [3.05, 3.63) is 75.8 Å². The van der Waals surface area contributed by atoms with E-state index in [1.54, 1.807) is 13.2 Å². The van der Waals surface area contributed by atoms with Gasteiger partial charge in [0.2, 0.25) is 0 Å². The van der Waals surface area contributed by atoms with E-state index in [9.17, 15) is 0 Å². The molecule has 0 unspecified atom stereocenters. The zero-order valence-electron chi connectivity index (χ0n) is 13.9. The Kier molecular flexibility index (Phi) is 7.39. The third kappa shape index (κ3) is 4.80. The maximum absolute atomic E-state index is 6.22. The Bertz CT molecular complexity index is 851. The number of nitrogens with one attached hydrogen (secondary N) is 1. The molecule has 1 N–H and O–H groups in total. The Labute approximate surface area is 164 Å². The third-order valence-corrected chi connectivity index (χ3v) is 4.69. The Hall–Kier alpha value is -1.45. The van der Waals surface area contributed by atoms with E-state index in [1.807, 2.05) is 18.2 Å². The number of hydrogen-bond acceptors (Lipinski definition) is 2. The van der Waals surface area contributed by atoms with Gasteiger partial charge in [0.15, 0.2) is 0 Å². The van der Waals surface area contributed by atoms with Crippen LogP contribution in [-0.4, -0.2) is 13.7 Å². The topological polar surface area (TPSA) is 21.3 Å².